The molecule has 2 heterocycles. The van der Waals surface area contributed by atoms with E-state index in [1.807, 2.05) is 17.8 Å². The maximum Gasteiger partial charge on any atom is 0.303 e. The van der Waals surface area contributed by atoms with Crippen molar-refractivity contribution < 1.29 is 19.4 Å². The minimum Gasteiger partial charge on any atom is -0.494 e. The van der Waals surface area contributed by atoms with Gasteiger partial charge in [-0.25, -0.2) is 4.98 Å². The van der Waals surface area contributed by atoms with Gasteiger partial charge in [0.15, 0.2) is 0 Å². The van der Waals surface area contributed by atoms with Crippen LogP contribution in [0.4, 0.5) is 0 Å². The molecule has 7 heteroatoms. The van der Waals surface area contributed by atoms with Gasteiger partial charge in [-0.2, -0.15) is 11.8 Å². The van der Waals surface area contributed by atoms with Crippen LogP contribution in [0.15, 0.2) is 53.6 Å². The Labute approximate surface area is 215 Å². The number of nitrogens with zero attached hydrogens (tertiary/aromatic N) is 1. The Morgan fingerprint density at radius 1 is 1.17 bits per heavy atom. The maximum atomic E-state index is 11.1. The predicted molar refractivity (Wildman–Crippen MR) is 144 cm³/mol. The van der Waals surface area contributed by atoms with Crippen LogP contribution >= 0.6 is 23.5 Å². The fraction of sp³-hybridized carbons (Fsp3) is 0.357. The second kappa shape index (κ2) is 11.9. The minimum atomic E-state index is -0.776. The molecule has 5 nitrogen and oxygen atoms in total. The van der Waals surface area contributed by atoms with Crippen LogP contribution in [0.5, 0.6) is 11.6 Å². The molecule has 1 aromatic heterocycles. The number of hydrogen-bond acceptors (Lipinski definition) is 6. The summed E-state index contributed by atoms with van der Waals surface area (Å²) in [7, 11) is 0. The summed E-state index contributed by atoms with van der Waals surface area (Å²) >= 11 is 3.51. The van der Waals surface area contributed by atoms with E-state index < -0.39 is 5.97 Å². The minimum absolute atomic E-state index is 0.0179. The highest BCUT2D eigenvalue weighted by Gasteiger charge is 2.26. The Balaban J connectivity index is 1.43. The third-order valence-corrected chi connectivity index (χ3v) is 7.97. The van der Waals surface area contributed by atoms with Crippen molar-refractivity contribution in [3.8, 4) is 22.8 Å². The van der Waals surface area contributed by atoms with Gasteiger partial charge >= 0.3 is 5.97 Å². The zero-order valence-electron chi connectivity index (χ0n) is 20.4. The summed E-state index contributed by atoms with van der Waals surface area (Å²) < 4.78 is 12.0. The molecule has 184 valence electrons. The summed E-state index contributed by atoms with van der Waals surface area (Å²) in [5, 5.41) is 9.11. The van der Waals surface area contributed by atoms with Crippen molar-refractivity contribution >= 4 is 29.5 Å². The third-order valence-electron chi connectivity index (χ3n) is 6.04. The molecular weight excluding hydrogens is 478 g/mol. The summed E-state index contributed by atoms with van der Waals surface area (Å²) in [6.07, 6.45) is 5.07. The predicted octanol–water partition coefficient (Wildman–Crippen LogP) is 6.74. The average molecular weight is 510 g/mol. The highest BCUT2D eigenvalue weighted by atomic mass is 32.2. The molecule has 0 spiro atoms. The van der Waals surface area contributed by atoms with E-state index in [1.54, 1.807) is 18.0 Å². The lowest BCUT2D eigenvalue weighted by molar-refractivity contribution is -0.137. The molecular formula is C28H31NO4S2. The van der Waals surface area contributed by atoms with E-state index in [1.165, 1.54) is 16.7 Å². The monoisotopic (exact) mass is 509 g/mol. The molecule has 1 N–H and O–H groups in total. The number of fused-ring (bicyclic) bond motifs is 1. The number of aliphatic carboxylic acids is 1. The summed E-state index contributed by atoms with van der Waals surface area (Å²) in [6.45, 7) is 5.41. The molecule has 0 saturated carbocycles. The van der Waals surface area contributed by atoms with Gasteiger partial charge in [-0.3, -0.25) is 4.79 Å². The fourth-order valence-corrected chi connectivity index (χ4v) is 6.08. The highest BCUT2D eigenvalue weighted by Crippen LogP contribution is 2.42. The van der Waals surface area contributed by atoms with Gasteiger partial charge < -0.3 is 14.6 Å². The molecule has 4 rings (SSSR count). The number of aromatic nitrogens is 1. The maximum absolute atomic E-state index is 11.1. The van der Waals surface area contributed by atoms with Crippen LogP contribution in [0, 0.1) is 13.8 Å². The molecule has 3 aromatic rings. The number of ether oxygens (including phenoxy) is 2. The molecule has 1 aliphatic rings. The van der Waals surface area contributed by atoms with Crippen molar-refractivity contribution in [1.29, 1.82) is 0 Å². The highest BCUT2D eigenvalue weighted by molar-refractivity contribution is 7.99. The molecule has 0 bridgehead atoms. The molecule has 0 aliphatic carbocycles. The quantitative estimate of drug-likeness (QED) is 0.287. The van der Waals surface area contributed by atoms with Crippen LogP contribution in [-0.4, -0.2) is 40.4 Å². The number of pyridine rings is 1. The Hall–Kier alpha value is -2.64. The van der Waals surface area contributed by atoms with Crippen LogP contribution in [0.25, 0.3) is 11.1 Å². The van der Waals surface area contributed by atoms with E-state index in [-0.39, 0.29) is 12.3 Å². The van der Waals surface area contributed by atoms with Gasteiger partial charge in [0.25, 0.3) is 0 Å². The van der Waals surface area contributed by atoms with Gasteiger partial charge in [-0.15, -0.1) is 11.8 Å². The summed E-state index contributed by atoms with van der Waals surface area (Å²) in [5.41, 5.74) is 6.84. The molecule has 1 aliphatic heterocycles. The fourth-order valence-electron chi connectivity index (χ4n) is 4.43. The topological polar surface area (TPSA) is 68.7 Å². The second-order valence-electron chi connectivity index (χ2n) is 8.78. The molecule has 0 unspecified atom stereocenters. The average Bonchev–Trinajstić information content (AvgIpc) is 3.22. The first kappa shape index (κ1) is 25.5. The van der Waals surface area contributed by atoms with Crippen molar-refractivity contribution in [1.82, 2.24) is 4.98 Å². The standard InChI is InChI=1S/C28H31NO4S2/c1-18-10-23(32-8-5-9-34-3)11-19(2)28(18)21-7-4-6-20(12-21)16-33-26-14-25-24(15-29-26)22(17-35-25)13-27(30)31/h4,6-7,10-12,14-15,22H,5,8-9,13,16-17H2,1-3H3,(H,30,31)/t22-/m0/s1. The van der Waals surface area contributed by atoms with Gasteiger partial charge in [0.1, 0.15) is 12.4 Å². The van der Waals surface area contributed by atoms with E-state index in [9.17, 15) is 4.79 Å². The lowest BCUT2D eigenvalue weighted by Crippen LogP contribution is -2.06. The summed E-state index contributed by atoms with van der Waals surface area (Å²) in [6, 6.07) is 14.6. The summed E-state index contributed by atoms with van der Waals surface area (Å²) in [5.74, 6) is 2.61. The van der Waals surface area contributed by atoms with Gasteiger partial charge in [0, 0.05) is 28.8 Å². The first-order valence-electron chi connectivity index (χ1n) is 11.7. The lowest BCUT2D eigenvalue weighted by Gasteiger charge is -2.15. The normalized spacial score (nSPS) is 14.5. The summed E-state index contributed by atoms with van der Waals surface area (Å²) in [4.78, 5) is 16.6. The zero-order chi connectivity index (χ0) is 24.8. The van der Waals surface area contributed by atoms with Crippen LogP contribution in [0.2, 0.25) is 0 Å². The van der Waals surface area contributed by atoms with Gasteiger partial charge in [-0.05, 0) is 83.9 Å². The van der Waals surface area contributed by atoms with E-state index in [4.69, 9.17) is 14.6 Å². The van der Waals surface area contributed by atoms with Crippen LogP contribution < -0.4 is 9.47 Å². The first-order valence-corrected chi connectivity index (χ1v) is 14.1. The molecule has 2 aromatic carbocycles. The smallest absolute Gasteiger partial charge is 0.303 e. The lowest BCUT2D eigenvalue weighted by atomic mass is 9.94. The number of carbonyl (C=O) groups is 1. The van der Waals surface area contributed by atoms with Crippen molar-refractivity contribution in [3.05, 3.63) is 70.9 Å². The van der Waals surface area contributed by atoms with Crippen LogP contribution in [0.3, 0.4) is 0 Å². The zero-order valence-corrected chi connectivity index (χ0v) is 22.0. The number of carboxylic acid groups (broad SMARTS) is 1. The Morgan fingerprint density at radius 3 is 2.71 bits per heavy atom. The number of rotatable bonds is 11. The SMILES string of the molecule is CSCCCOc1cc(C)c(-c2cccc(COc3cc4c(cn3)[C@@H](CC(=O)O)CS4)c2)c(C)c1. The van der Waals surface area contributed by atoms with E-state index in [2.05, 4.69) is 61.5 Å². The van der Waals surface area contributed by atoms with Crippen molar-refractivity contribution in [3.63, 3.8) is 0 Å². The van der Waals surface area contributed by atoms with E-state index in [0.717, 1.165) is 51.9 Å². The Kier molecular flexibility index (Phi) is 8.63. The number of hydrogen-bond donors (Lipinski definition) is 1. The van der Waals surface area contributed by atoms with Gasteiger partial charge in [0.2, 0.25) is 5.88 Å². The molecule has 0 radical (unpaired) electrons. The Bertz CT molecular complexity index is 1170. The molecule has 35 heavy (non-hydrogen) atoms. The molecule has 0 amide bonds. The number of aryl methyl sites for hydroxylation is 2. The molecule has 0 fully saturated rings. The van der Waals surface area contributed by atoms with Crippen molar-refractivity contribution in [2.75, 3.05) is 24.4 Å². The largest absolute Gasteiger partial charge is 0.494 e. The molecule has 0 saturated heterocycles. The third kappa shape index (κ3) is 6.53. The second-order valence-corrected chi connectivity index (χ2v) is 10.8. The Morgan fingerprint density at radius 2 is 1.97 bits per heavy atom. The number of carboxylic acids is 1. The van der Waals surface area contributed by atoms with Gasteiger partial charge in [-0.1, -0.05) is 18.2 Å². The van der Waals surface area contributed by atoms with Crippen LogP contribution in [-0.2, 0) is 11.4 Å². The number of thioether (sulfide) groups is 2. The number of benzene rings is 2. The van der Waals surface area contributed by atoms with E-state index in [0.29, 0.717) is 12.5 Å². The molecule has 1 atom stereocenters. The van der Waals surface area contributed by atoms with Crippen molar-refractivity contribution in [2.45, 2.75) is 44.1 Å². The first-order chi connectivity index (χ1) is 16.9. The van der Waals surface area contributed by atoms with Crippen LogP contribution in [0.1, 0.15) is 41.0 Å². The van der Waals surface area contributed by atoms with Gasteiger partial charge in [0.05, 0.1) is 13.0 Å². The van der Waals surface area contributed by atoms with Crippen molar-refractivity contribution in [2.24, 2.45) is 0 Å². The van der Waals surface area contributed by atoms with E-state index >= 15 is 0 Å².